The van der Waals surface area contributed by atoms with Gasteiger partial charge in [0.2, 0.25) is 0 Å². The average molecular weight is 528 g/mol. The summed E-state index contributed by atoms with van der Waals surface area (Å²) in [5.41, 5.74) is 7.94. The van der Waals surface area contributed by atoms with Crippen molar-refractivity contribution in [3.8, 4) is 11.5 Å². The minimum Gasteiger partial charge on any atom is -0.489 e. The van der Waals surface area contributed by atoms with Crippen molar-refractivity contribution in [2.24, 2.45) is 0 Å². The summed E-state index contributed by atoms with van der Waals surface area (Å²) in [5.74, 6) is 2.10. The van der Waals surface area contributed by atoms with Crippen LogP contribution >= 0.6 is 31.9 Å². The predicted molar refractivity (Wildman–Crippen MR) is 128 cm³/mol. The van der Waals surface area contributed by atoms with Crippen LogP contribution < -0.4 is 9.47 Å². The molecular weight excluding hydrogens is 504 g/mol. The van der Waals surface area contributed by atoms with Gasteiger partial charge in [0, 0.05) is 23.0 Å². The minimum absolute atomic E-state index is 0.0695. The highest BCUT2D eigenvalue weighted by Gasteiger charge is 2.46. The molecule has 30 heavy (non-hydrogen) atoms. The Labute approximate surface area is 194 Å². The lowest BCUT2D eigenvalue weighted by molar-refractivity contribution is 0.226. The zero-order chi connectivity index (χ0) is 21.2. The number of benzene rings is 3. The molecule has 0 heterocycles. The molecule has 2 bridgehead atoms. The van der Waals surface area contributed by atoms with E-state index in [0.29, 0.717) is 0 Å². The molecule has 0 spiro atoms. The third-order valence-electron chi connectivity index (χ3n) is 5.89. The van der Waals surface area contributed by atoms with E-state index in [9.17, 15) is 0 Å². The van der Waals surface area contributed by atoms with Gasteiger partial charge in [0.15, 0.2) is 0 Å². The fraction of sp³-hybridized carbons (Fsp3) is 0.308. The molecule has 0 saturated carbocycles. The van der Waals surface area contributed by atoms with Crippen molar-refractivity contribution < 1.29 is 9.47 Å². The Balaban J connectivity index is 1.91. The average Bonchev–Trinajstić information content (AvgIpc) is 2.73. The first-order chi connectivity index (χ1) is 14.4. The summed E-state index contributed by atoms with van der Waals surface area (Å²) in [7, 11) is 0. The molecule has 3 aliphatic carbocycles. The molecule has 6 rings (SSSR count). The molecule has 0 unspecified atom stereocenters. The molecule has 4 heteroatoms. The first-order valence-corrected chi connectivity index (χ1v) is 12.0. The summed E-state index contributed by atoms with van der Waals surface area (Å²) in [6.07, 6.45) is 0.139. The standard InChI is InChI=1S/C26H24Br2O2/c1-13(2)29-25-21-19-15-9-5-7-11-17(15)20(18-12-8-6-10-16(18)19)22(21)26(30-14(3)4)24(28)23(25)27/h5-14,19-20H,1-4H3. The van der Waals surface area contributed by atoms with Crippen LogP contribution in [-0.4, -0.2) is 12.2 Å². The van der Waals surface area contributed by atoms with Crippen molar-refractivity contribution in [1.82, 2.24) is 0 Å². The molecular formula is C26H24Br2O2. The zero-order valence-corrected chi connectivity index (χ0v) is 20.7. The van der Waals surface area contributed by atoms with Crippen molar-refractivity contribution >= 4 is 31.9 Å². The highest BCUT2D eigenvalue weighted by atomic mass is 79.9. The number of hydrogen-bond acceptors (Lipinski definition) is 2. The molecule has 2 nitrogen and oxygen atoms in total. The molecule has 0 atom stereocenters. The number of rotatable bonds is 4. The van der Waals surface area contributed by atoms with Crippen LogP contribution in [0.25, 0.3) is 0 Å². The summed E-state index contributed by atoms with van der Waals surface area (Å²) in [6.45, 7) is 8.31. The highest BCUT2D eigenvalue weighted by molar-refractivity contribution is 9.13. The lowest BCUT2D eigenvalue weighted by Gasteiger charge is -2.44. The summed E-state index contributed by atoms with van der Waals surface area (Å²) in [4.78, 5) is 0. The third-order valence-corrected chi connectivity index (χ3v) is 7.94. The van der Waals surface area contributed by atoms with Crippen LogP contribution in [0.5, 0.6) is 11.5 Å². The van der Waals surface area contributed by atoms with Gasteiger partial charge in [0.25, 0.3) is 0 Å². The van der Waals surface area contributed by atoms with Crippen LogP contribution in [-0.2, 0) is 0 Å². The van der Waals surface area contributed by atoms with Gasteiger partial charge < -0.3 is 9.47 Å². The summed E-state index contributed by atoms with van der Waals surface area (Å²) in [5, 5.41) is 0. The van der Waals surface area contributed by atoms with E-state index in [1.165, 1.54) is 33.4 Å². The van der Waals surface area contributed by atoms with E-state index in [4.69, 9.17) is 9.47 Å². The van der Waals surface area contributed by atoms with Gasteiger partial charge in [-0.15, -0.1) is 0 Å². The van der Waals surface area contributed by atoms with E-state index in [1.807, 2.05) is 0 Å². The second-order valence-electron chi connectivity index (χ2n) is 8.57. The zero-order valence-electron chi connectivity index (χ0n) is 17.5. The SMILES string of the molecule is CC(C)Oc1c(Br)c(Br)c(OC(C)C)c2c1C1c3ccccc3C2c2ccccc21. The molecule has 0 radical (unpaired) electrons. The molecule has 0 aliphatic heterocycles. The molecule has 0 N–H and O–H groups in total. The predicted octanol–water partition coefficient (Wildman–Crippen LogP) is 7.77. The normalized spacial score (nSPS) is 18.3. The van der Waals surface area contributed by atoms with E-state index < -0.39 is 0 Å². The van der Waals surface area contributed by atoms with Gasteiger partial charge in [-0.2, -0.15) is 0 Å². The lowest BCUT2D eigenvalue weighted by Crippen LogP contribution is -2.30. The van der Waals surface area contributed by atoms with Crippen LogP contribution in [0.3, 0.4) is 0 Å². The van der Waals surface area contributed by atoms with Crippen molar-refractivity contribution in [1.29, 1.82) is 0 Å². The van der Waals surface area contributed by atoms with E-state index in [1.54, 1.807) is 0 Å². The monoisotopic (exact) mass is 526 g/mol. The molecule has 0 fully saturated rings. The van der Waals surface area contributed by atoms with Gasteiger partial charge in [-0.25, -0.2) is 0 Å². The third kappa shape index (κ3) is 2.87. The second kappa shape index (κ2) is 7.42. The van der Waals surface area contributed by atoms with Gasteiger partial charge in [-0.1, -0.05) is 48.5 Å². The van der Waals surface area contributed by atoms with Crippen LogP contribution in [0.4, 0.5) is 0 Å². The van der Waals surface area contributed by atoms with E-state index in [2.05, 4.69) is 108 Å². The van der Waals surface area contributed by atoms with Crippen molar-refractivity contribution in [2.75, 3.05) is 0 Å². The van der Waals surface area contributed by atoms with Crippen molar-refractivity contribution in [3.63, 3.8) is 0 Å². The van der Waals surface area contributed by atoms with E-state index in [0.717, 1.165) is 20.4 Å². The largest absolute Gasteiger partial charge is 0.489 e. The van der Waals surface area contributed by atoms with Crippen LogP contribution in [0, 0.1) is 0 Å². The van der Waals surface area contributed by atoms with Gasteiger partial charge in [-0.05, 0) is 81.8 Å². The first-order valence-electron chi connectivity index (χ1n) is 10.5. The van der Waals surface area contributed by atoms with Gasteiger partial charge in [-0.3, -0.25) is 0 Å². The van der Waals surface area contributed by atoms with Crippen LogP contribution in [0.15, 0.2) is 57.5 Å². The van der Waals surface area contributed by atoms with Gasteiger partial charge in [0.05, 0.1) is 21.2 Å². The summed E-state index contributed by atoms with van der Waals surface area (Å²) >= 11 is 7.66. The molecule has 0 amide bonds. The Morgan fingerprint density at radius 1 is 0.600 bits per heavy atom. The number of ether oxygens (including phenoxy) is 2. The Kier molecular flexibility index (Phi) is 4.98. The molecule has 3 aromatic rings. The lowest BCUT2D eigenvalue weighted by atomic mass is 9.60. The molecule has 3 aromatic carbocycles. The van der Waals surface area contributed by atoms with Crippen molar-refractivity contribution in [3.05, 3.63) is 90.9 Å². The Bertz CT molecular complexity index is 1010. The van der Waals surface area contributed by atoms with Crippen molar-refractivity contribution in [2.45, 2.75) is 51.7 Å². The quantitative estimate of drug-likeness (QED) is 0.237. The highest BCUT2D eigenvalue weighted by Crippen LogP contribution is 2.63. The van der Waals surface area contributed by atoms with Gasteiger partial charge >= 0.3 is 0 Å². The maximum Gasteiger partial charge on any atom is 0.139 e. The fourth-order valence-corrected chi connectivity index (χ4v) is 5.96. The van der Waals surface area contributed by atoms with Gasteiger partial charge in [0.1, 0.15) is 11.5 Å². The van der Waals surface area contributed by atoms with E-state index in [-0.39, 0.29) is 24.0 Å². The first kappa shape index (κ1) is 20.1. The molecule has 154 valence electrons. The smallest absolute Gasteiger partial charge is 0.139 e. The van der Waals surface area contributed by atoms with E-state index >= 15 is 0 Å². The Morgan fingerprint density at radius 3 is 1.17 bits per heavy atom. The minimum atomic E-state index is 0.0695. The fourth-order valence-electron chi connectivity index (χ4n) is 4.99. The molecule has 0 saturated heterocycles. The Hall–Kier alpha value is -1.78. The maximum absolute atomic E-state index is 6.43. The van der Waals surface area contributed by atoms with Crippen LogP contribution in [0.2, 0.25) is 0 Å². The topological polar surface area (TPSA) is 18.5 Å². The van der Waals surface area contributed by atoms with Crippen LogP contribution in [0.1, 0.15) is 72.9 Å². The maximum atomic E-state index is 6.43. The summed E-state index contributed by atoms with van der Waals surface area (Å²) < 4.78 is 14.7. The summed E-state index contributed by atoms with van der Waals surface area (Å²) in [6, 6.07) is 17.6. The number of hydrogen-bond donors (Lipinski definition) is 0. The molecule has 0 aromatic heterocycles. The second-order valence-corrected chi connectivity index (χ2v) is 10.2. The number of halogens is 2. The molecule has 3 aliphatic rings. The Morgan fingerprint density at radius 2 is 0.900 bits per heavy atom.